The molecule has 2 rings (SSSR count). The SMILES string of the molecule is COc1cccc(-c2ccc(C(=O)O)s2)c1. The van der Waals surface area contributed by atoms with Gasteiger partial charge in [-0.1, -0.05) is 12.1 Å². The van der Waals surface area contributed by atoms with Gasteiger partial charge in [0.25, 0.3) is 0 Å². The molecule has 1 aromatic carbocycles. The van der Waals surface area contributed by atoms with Crippen molar-refractivity contribution in [2.45, 2.75) is 0 Å². The summed E-state index contributed by atoms with van der Waals surface area (Å²) in [4.78, 5) is 12.0. The predicted molar refractivity (Wildman–Crippen MR) is 63.3 cm³/mol. The van der Waals surface area contributed by atoms with Gasteiger partial charge in [0.2, 0.25) is 0 Å². The lowest BCUT2D eigenvalue weighted by molar-refractivity contribution is 0.0702. The number of hydrogen-bond acceptors (Lipinski definition) is 3. The molecule has 0 fully saturated rings. The number of hydrogen-bond donors (Lipinski definition) is 1. The number of carboxylic acid groups (broad SMARTS) is 1. The molecular weight excluding hydrogens is 224 g/mol. The van der Waals surface area contributed by atoms with E-state index in [0.29, 0.717) is 4.88 Å². The van der Waals surface area contributed by atoms with E-state index in [0.717, 1.165) is 16.2 Å². The number of thiophene rings is 1. The molecule has 0 spiro atoms. The van der Waals surface area contributed by atoms with Gasteiger partial charge in [0, 0.05) is 4.88 Å². The maximum Gasteiger partial charge on any atom is 0.345 e. The minimum atomic E-state index is -0.890. The summed E-state index contributed by atoms with van der Waals surface area (Å²) in [5, 5.41) is 8.83. The van der Waals surface area contributed by atoms with Crippen molar-refractivity contribution < 1.29 is 14.6 Å². The van der Waals surface area contributed by atoms with Gasteiger partial charge < -0.3 is 9.84 Å². The van der Waals surface area contributed by atoms with Crippen molar-refractivity contribution in [3.63, 3.8) is 0 Å². The van der Waals surface area contributed by atoms with E-state index in [1.54, 1.807) is 13.2 Å². The van der Waals surface area contributed by atoms with Gasteiger partial charge in [-0.05, 0) is 29.8 Å². The quantitative estimate of drug-likeness (QED) is 0.887. The first-order chi connectivity index (χ1) is 7.70. The average Bonchev–Trinajstić information content (AvgIpc) is 2.78. The Balaban J connectivity index is 2.38. The van der Waals surface area contributed by atoms with Gasteiger partial charge in [0.15, 0.2) is 0 Å². The van der Waals surface area contributed by atoms with Gasteiger partial charge in [0.1, 0.15) is 10.6 Å². The minimum absolute atomic E-state index is 0.345. The fourth-order valence-electron chi connectivity index (χ4n) is 1.38. The Kier molecular flexibility index (Phi) is 2.92. The molecule has 1 heterocycles. The third-order valence-electron chi connectivity index (χ3n) is 2.17. The van der Waals surface area contributed by atoms with E-state index in [9.17, 15) is 4.79 Å². The highest BCUT2D eigenvalue weighted by Gasteiger charge is 2.08. The lowest BCUT2D eigenvalue weighted by Crippen LogP contribution is -1.89. The van der Waals surface area contributed by atoms with Gasteiger partial charge in [-0.25, -0.2) is 4.79 Å². The van der Waals surface area contributed by atoms with Gasteiger partial charge in [-0.3, -0.25) is 0 Å². The van der Waals surface area contributed by atoms with Crippen molar-refractivity contribution in [3.05, 3.63) is 41.3 Å². The Morgan fingerprint density at radius 1 is 1.31 bits per heavy atom. The molecule has 82 valence electrons. The smallest absolute Gasteiger partial charge is 0.345 e. The van der Waals surface area contributed by atoms with Crippen molar-refractivity contribution in [3.8, 4) is 16.2 Å². The monoisotopic (exact) mass is 234 g/mol. The van der Waals surface area contributed by atoms with Crippen molar-refractivity contribution in [2.24, 2.45) is 0 Å². The maximum atomic E-state index is 10.8. The maximum absolute atomic E-state index is 10.8. The summed E-state index contributed by atoms with van der Waals surface area (Å²) in [5.74, 6) is -0.123. The molecule has 16 heavy (non-hydrogen) atoms. The summed E-state index contributed by atoms with van der Waals surface area (Å²) in [6.07, 6.45) is 0. The first kappa shape index (κ1) is 10.7. The summed E-state index contributed by atoms with van der Waals surface area (Å²) < 4.78 is 5.12. The van der Waals surface area contributed by atoms with E-state index in [4.69, 9.17) is 9.84 Å². The summed E-state index contributed by atoms with van der Waals surface area (Å²) in [6.45, 7) is 0. The second kappa shape index (κ2) is 4.37. The van der Waals surface area contributed by atoms with E-state index >= 15 is 0 Å². The lowest BCUT2D eigenvalue weighted by Gasteiger charge is -2.01. The number of carbonyl (C=O) groups is 1. The molecule has 0 saturated carbocycles. The molecule has 0 aliphatic rings. The van der Waals surface area contributed by atoms with E-state index in [1.165, 1.54) is 11.3 Å². The average molecular weight is 234 g/mol. The van der Waals surface area contributed by atoms with E-state index in [2.05, 4.69) is 0 Å². The Labute approximate surface area is 96.9 Å². The van der Waals surface area contributed by atoms with Crippen LogP contribution in [0.25, 0.3) is 10.4 Å². The number of ether oxygens (including phenoxy) is 1. The van der Waals surface area contributed by atoms with Crippen molar-refractivity contribution in [1.82, 2.24) is 0 Å². The van der Waals surface area contributed by atoms with Crippen LogP contribution in [0.5, 0.6) is 5.75 Å². The van der Waals surface area contributed by atoms with Crippen LogP contribution >= 0.6 is 11.3 Å². The van der Waals surface area contributed by atoms with Crippen molar-refractivity contribution in [2.75, 3.05) is 7.11 Å². The number of carboxylic acids is 1. The highest BCUT2D eigenvalue weighted by Crippen LogP contribution is 2.30. The molecule has 0 radical (unpaired) electrons. The Bertz CT molecular complexity index is 516. The summed E-state index contributed by atoms with van der Waals surface area (Å²) in [6, 6.07) is 11.0. The van der Waals surface area contributed by atoms with Crippen LogP contribution in [0, 0.1) is 0 Å². The van der Waals surface area contributed by atoms with Gasteiger partial charge >= 0.3 is 5.97 Å². The largest absolute Gasteiger partial charge is 0.497 e. The van der Waals surface area contributed by atoms with Crippen LogP contribution in [0.3, 0.4) is 0 Å². The van der Waals surface area contributed by atoms with Crippen LogP contribution in [0.4, 0.5) is 0 Å². The van der Waals surface area contributed by atoms with E-state index in [-0.39, 0.29) is 0 Å². The molecule has 0 aliphatic heterocycles. The van der Waals surface area contributed by atoms with Crippen LogP contribution in [0.2, 0.25) is 0 Å². The molecule has 0 bridgehead atoms. The molecule has 4 heteroatoms. The minimum Gasteiger partial charge on any atom is -0.497 e. The van der Waals surface area contributed by atoms with E-state index in [1.807, 2.05) is 30.3 Å². The molecule has 0 aliphatic carbocycles. The molecule has 0 unspecified atom stereocenters. The molecule has 0 saturated heterocycles. The molecule has 0 amide bonds. The standard InChI is InChI=1S/C12H10O3S/c1-15-9-4-2-3-8(7-9)10-5-6-11(16-10)12(13)14/h2-7H,1H3,(H,13,14). The first-order valence-electron chi connectivity index (χ1n) is 4.68. The predicted octanol–water partition coefficient (Wildman–Crippen LogP) is 3.12. The Morgan fingerprint density at radius 3 is 2.75 bits per heavy atom. The van der Waals surface area contributed by atoms with Crippen molar-refractivity contribution >= 4 is 17.3 Å². The number of aromatic carboxylic acids is 1. The van der Waals surface area contributed by atoms with Crippen LogP contribution in [0.1, 0.15) is 9.67 Å². The number of methoxy groups -OCH3 is 1. The molecule has 0 atom stereocenters. The zero-order valence-electron chi connectivity index (χ0n) is 8.64. The zero-order chi connectivity index (χ0) is 11.5. The Morgan fingerprint density at radius 2 is 2.12 bits per heavy atom. The third-order valence-corrected chi connectivity index (χ3v) is 3.29. The fraction of sp³-hybridized carbons (Fsp3) is 0.0833. The first-order valence-corrected chi connectivity index (χ1v) is 5.50. The fourth-order valence-corrected chi connectivity index (χ4v) is 2.23. The van der Waals surface area contributed by atoms with Gasteiger partial charge in [-0.2, -0.15) is 0 Å². The molecule has 1 aromatic heterocycles. The molecule has 2 aromatic rings. The van der Waals surface area contributed by atoms with Crippen LogP contribution < -0.4 is 4.74 Å². The molecule has 1 N–H and O–H groups in total. The van der Waals surface area contributed by atoms with E-state index < -0.39 is 5.97 Å². The molecule has 3 nitrogen and oxygen atoms in total. The second-order valence-corrected chi connectivity index (χ2v) is 4.28. The zero-order valence-corrected chi connectivity index (χ0v) is 9.45. The normalized spacial score (nSPS) is 10.1. The summed E-state index contributed by atoms with van der Waals surface area (Å²) in [5.41, 5.74) is 0.969. The highest BCUT2D eigenvalue weighted by atomic mass is 32.1. The lowest BCUT2D eigenvalue weighted by atomic mass is 10.2. The van der Waals surface area contributed by atoms with Gasteiger partial charge in [0.05, 0.1) is 7.11 Å². The topological polar surface area (TPSA) is 46.5 Å². The van der Waals surface area contributed by atoms with Crippen LogP contribution in [0.15, 0.2) is 36.4 Å². The third kappa shape index (κ3) is 2.06. The number of rotatable bonds is 3. The van der Waals surface area contributed by atoms with Crippen molar-refractivity contribution in [1.29, 1.82) is 0 Å². The highest BCUT2D eigenvalue weighted by molar-refractivity contribution is 7.17. The van der Waals surface area contributed by atoms with Crippen LogP contribution in [-0.2, 0) is 0 Å². The summed E-state index contributed by atoms with van der Waals surface area (Å²) >= 11 is 1.26. The van der Waals surface area contributed by atoms with Gasteiger partial charge in [-0.15, -0.1) is 11.3 Å². The van der Waals surface area contributed by atoms with Crippen LogP contribution in [-0.4, -0.2) is 18.2 Å². The second-order valence-electron chi connectivity index (χ2n) is 3.20. The number of benzene rings is 1. The summed E-state index contributed by atoms with van der Waals surface area (Å²) in [7, 11) is 1.61. The molecular formula is C12H10O3S. The Hall–Kier alpha value is -1.81.